The molecule has 0 saturated heterocycles. The summed E-state index contributed by atoms with van der Waals surface area (Å²) in [5.41, 5.74) is 0.709. The van der Waals surface area contributed by atoms with Crippen molar-refractivity contribution in [2.45, 2.75) is 64.2 Å². The number of aromatic nitrogens is 5. The molecule has 2 saturated carbocycles. The number of rotatable bonds is 9. The number of benzene rings is 1. The van der Waals surface area contributed by atoms with Crippen LogP contribution in [0.4, 0.5) is 28.9 Å². The molecule has 8 nitrogen and oxygen atoms in total. The molecule has 13 heteroatoms. The number of aryl methyl sites for hydroxylation is 1. The van der Waals surface area contributed by atoms with Gasteiger partial charge in [0.25, 0.3) is 0 Å². The smallest absolute Gasteiger partial charge is 0.382 e. The summed E-state index contributed by atoms with van der Waals surface area (Å²) in [6.45, 7) is 3.39. The van der Waals surface area contributed by atoms with E-state index in [1.165, 1.54) is 25.1 Å². The van der Waals surface area contributed by atoms with Crippen LogP contribution in [0, 0.1) is 35.5 Å². The zero-order valence-electron chi connectivity index (χ0n) is 23.7. The summed E-state index contributed by atoms with van der Waals surface area (Å²) in [7, 11) is 0. The Balaban J connectivity index is 1.41. The highest BCUT2D eigenvalue weighted by Gasteiger charge is 2.56. The van der Waals surface area contributed by atoms with Gasteiger partial charge in [-0.2, -0.15) is 22.8 Å². The first-order valence-electron chi connectivity index (χ1n) is 14.0. The maximum absolute atomic E-state index is 14.0. The molecule has 2 aliphatic rings. The van der Waals surface area contributed by atoms with E-state index in [2.05, 4.69) is 30.9 Å². The number of hydrogen-bond donors (Lipinski definition) is 2. The van der Waals surface area contributed by atoms with Gasteiger partial charge in [0.05, 0.1) is 45.0 Å². The second-order valence-electron chi connectivity index (χ2n) is 12.1. The lowest BCUT2D eigenvalue weighted by Crippen LogP contribution is -2.38. The molecule has 43 heavy (non-hydrogen) atoms. The molecule has 3 heterocycles. The average molecular weight is 613 g/mol. The van der Waals surface area contributed by atoms with Gasteiger partial charge in [-0.05, 0) is 70.6 Å². The Morgan fingerprint density at radius 1 is 1.21 bits per heavy atom. The van der Waals surface area contributed by atoms with Crippen LogP contribution in [0.2, 0.25) is 5.02 Å². The third kappa shape index (κ3) is 5.35. The molecule has 0 amide bonds. The number of nitriles is 1. The zero-order chi connectivity index (χ0) is 30.7. The van der Waals surface area contributed by atoms with E-state index in [1.54, 1.807) is 25.1 Å². The Bertz CT molecular complexity index is 1750. The Kier molecular flexibility index (Phi) is 6.99. The lowest BCUT2D eigenvalue weighted by Gasteiger charge is -2.28. The molecule has 3 aromatic heterocycles. The SMILES string of the molecule is Cc1nc(F)ccc1[C@H](Nc1cc(Cl)c2ncc(C#N)c(NCC(C)(C)C(F)(F)F)c2c1)c1cn(C2(C3CC3)CC2)nn1. The molecule has 0 bridgehead atoms. The third-order valence-electron chi connectivity index (χ3n) is 8.60. The predicted molar refractivity (Wildman–Crippen MR) is 154 cm³/mol. The van der Waals surface area contributed by atoms with Gasteiger partial charge >= 0.3 is 6.18 Å². The van der Waals surface area contributed by atoms with Gasteiger partial charge in [-0.25, -0.2) is 9.67 Å². The van der Waals surface area contributed by atoms with Gasteiger partial charge in [-0.15, -0.1) is 5.10 Å². The molecule has 0 aliphatic heterocycles. The highest BCUT2D eigenvalue weighted by atomic mass is 35.5. The molecule has 2 N–H and O–H groups in total. The van der Waals surface area contributed by atoms with Crippen LogP contribution in [-0.4, -0.2) is 37.7 Å². The summed E-state index contributed by atoms with van der Waals surface area (Å²) in [6.07, 6.45) is 3.16. The highest BCUT2D eigenvalue weighted by molar-refractivity contribution is 6.35. The van der Waals surface area contributed by atoms with E-state index in [1.807, 2.05) is 16.9 Å². The topological polar surface area (TPSA) is 104 Å². The van der Waals surface area contributed by atoms with Gasteiger partial charge in [0.2, 0.25) is 5.95 Å². The number of halogens is 5. The van der Waals surface area contributed by atoms with E-state index >= 15 is 0 Å². The molecule has 224 valence electrons. The van der Waals surface area contributed by atoms with Gasteiger partial charge in [-0.1, -0.05) is 22.9 Å². The highest BCUT2D eigenvalue weighted by Crippen LogP contribution is 2.59. The Hall–Kier alpha value is -3.98. The van der Waals surface area contributed by atoms with Gasteiger partial charge in [-0.3, -0.25) is 4.98 Å². The Labute approximate surface area is 250 Å². The van der Waals surface area contributed by atoms with Crippen molar-refractivity contribution in [2.24, 2.45) is 11.3 Å². The van der Waals surface area contributed by atoms with Crippen LogP contribution in [0.3, 0.4) is 0 Å². The normalized spacial score (nSPS) is 17.0. The number of hydrogen-bond acceptors (Lipinski definition) is 7. The number of nitrogens with one attached hydrogen (secondary N) is 2. The van der Waals surface area contributed by atoms with E-state index in [0.29, 0.717) is 39.5 Å². The summed E-state index contributed by atoms with van der Waals surface area (Å²) in [5, 5.41) is 25.6. The van der Waals surface area contributed by atoms with Crippen molar-refractivity contribution in [1.82, 2.24) is 25.0 Å². The van der Waals surface area contributed by atoms with Gasteiger partial charge in [0.1, 0.15) is 11.8 Å². The van der Waals surface area contributed by atoms with Crippen molar-refractivity contribution < 1.29 is 17.6 Å². The van der Waals surface area contributed by atoms with Crippen LogP contribution in [0.25, 0.3) is 10.9 Å². The fraction of sp³-hybridized carbons (Fsp3) is 0.433. The second kappa shape index (κ2) is 10.3. The number of anilines is 2. The lowest BCUT2D eigenvalue weighted by molar-refractivity contribution is -0.206. The van der Waals surface area contributed by atoms with E-state index in [-0.39, 0.29) is 21.8 Å². The number of alkyl halides is 3. The lowest BCUT2D eigenvalue weighted by atomic mass is 9.92. The molecule has 0 unspecified atom stereocenters. The summed E-state index contributed by atoms with van der Waals surface area (Å²) in [6, 6.07) is 7.62. The zero-order valence-corrected chi connectivity index (χ0v) is 24.5. The molecule has 2 aliphatic carbocycles. The van der Waals surface area contributed by atoms with Crippen molar-refractivity contribution in [3.63, 3.8) is 0 Å². The first-order chi connectivity index (χ1) is 20.3. The van der Waals surface area contributed by atoms with Crippen LogP contribution < -0.4 is 10.6 Å². The molecule has 6 rings (SSSR count). The van der Waals surface area contributed by atoms with Crippen molar-refractivity contribution in [3.8, 4) is 6.07 Å². The Morgan fingerprint density at radius 3 is 2.58 bits per heavy atom. The van der Waals surface area contributed by atoms with Gasteiger partial charge < -0.3 is 10.6 Å². The third-order valence-corrected chi connectivity index (χ3v) is 8.89. The summed E-state index contributed by atoms with van der Waals surface area (Å²) in [4.78, 5) is 8.31. The predicted octanol–water partition coefficient (Wildman–Crippen LogP) is 7.29. The largest absolute Gasteiger partial charge is 0.395 e. The Morgan fingerprint density at radius 2 is 1.95 bits per heavy atom. The van der Waals surface area contributed by atoms with Crippen LogP contribution in [0.15, 0.2) is 36.7 Å². The molecule has 1 atom stereocenters. The number of fused-ring (bicyclic) bond motifs is 1. The average Bonchev–Trinajstić information content (AvgIpc) is 3.87. The van der Waals surface area contributed by atoms with Gasteiger partial charge in [0.15, 0.2) is 0 Å². The summed E-state index contributed by atoms with van der Waals surface area (Å²) in [5.74, 6) is -0.0206. The minimum Gasteiger partial charge on any atom is -0.382 e. The van der Waals surface area contributed by atoms with Crippen LogP contribution in [-0.2, 0) is 5.54 Å². The van der Waals surface area contributed by atoms with E-state index in [4.69, 9.17) is 11.6 Å². The maximum Gasteiger partial charge on any atom is 0.395 e. The van der Waals surface area contributed by atoms with Crippen molar-refractivity contribution in [3.05, 3.63) is 70.1 Å². The van der Waals surface area contributed by atoms with Crippen molar-refractivity contribution in [2.75, 3.05) is 17.2 Å². The van der Waals surface area contributed by atoms with Crippen molar-refractivity contribution >= 4 is 33.9 Å². The molecule has 2 fully saturated rings. The minimum absolute atomic E-state index is 0.00226. The van der Waals surface area contributed by atoms with E-state index in [0.717, 1.165) is 26.7 Å². The molecular formula is C30H29ClF4N8. The van der Waals surface area contributed by atoms with Crippen LogP contribution in [0.1, 0.15) is 68.1 Å². The monoisotopic (exact) mass is 612 g/mol. The maximum atomic E-state index is 14.0. The molecule has 4 aromatic rings. The molecule has 0 spiro atoms. The second-order valence-corrected chi connectivity index (χ2v) is 12.5. The van der Waals surface area contributed by atoms with E-state index < -0.39 is 30.1 Å². The van der Waals surface area contributed by atoms with Gasteiger partial charge in [0, 0.05) is 35.1 Å². The minimum atomic E-state index is -4.47. The fourth-order valence-electron chi connectivity index (χ4n) is 5.55. The van der Waals surface area contributed by atoms with Crippen LogP contribution >= 0.6 is 11.6 Å². The summed E-state index contributed by atoms with van der Waals surface area (Å²) < 4.78 is 56.8. The number of pyridine rings is 2. The fourth-order valence-corrected chi connectivity index (χ4v) is 5.82. The van der Waals surface area contributed by atoms with E-state index in [9.17, 15) is 22.8 Å². The van der Waals surface area contributed by atoms with Crippen LogP contribution in [0.5, 0.6) is 0 Å². The molecule has 1 aromatic carbocycles. The molecular weight excluding hydrogens is 584 g/mol. The summed E-state index contributed by atoms with van der Waals surface area (Å²) >= 11 is 6.65. The first-order valence-corrected chi connectivity index (χ1v) is 14.4. The van der Waals surface area contributed by atoms with Crippen molar-refractivity contribution in [1.29, 1.82) is 5.26 Å². The molecule has 0 radical (unpaired) electrons. The standard InChI is InChI=1S/C30H29ClF4N8/c1-16-20(6-7-24(32)39-16)27(23-14-43(42-41-23)29(8-9-29)18-4-5-18)40-19-10-21-25(38-15-28(2,3)30(33,34)35)17(12-36)13-37-26(21)22(31)11-19/h6-7,10-11,13-14,18,27,40H,4-5,8-9,15H2,1-3H3,(H,37,38)/t27-/m0/s1. The number of nitrogens with zero attached hydrogens (tertiary/aromatic N) is 6. The quantitative estimate of drug-likeness (QED) is 0.151. The first kappa shape index (κ1) is 29.1.